The Morgan fingerprint density at radius 3 is 2.44 bits per heavy atom. The Bertz CT molecular complexity index is 785. The first-order chi connectivity index (χ1) is 12.9. The van der Waals surface area contributed by atoms with Gasteiger partial charge in [-0.05, 0) is 31.2 Å². The van der Waals surface area contributed by atoms with Gasteiger partial charge in [0.1, 0.15) is 11.6 Å². The van der Waals surface area contributed by atoms with Crippen molar-refractivity contribution in [3.8, 4) is 0 Å². The molecule has 1 aromatic carbocycles. The highest BCUT2D eigenvalue weighted by Gasteiger charge is 2.21. The van der Waals surface area contributed by atoms with Crippen LogP contribution in [0.5, 0.6) is 0 Å². The summed E-state index contributed by atoms with van der Waals surface area (Å²) >= 11 is 5.87. The number of amides is 1. The van der Waals surface area contributed by atoms with Crippen molar-refractivity contribution in [2.24, 2.45) is 0 Å². The van der Waals surface area contributed by atoms with E-state index in [-0.39, 0.29) is 5.91 Å². The molecule has 1 N–H and O–H groups in total. The predicted molar refractivity (Wildman–Crippen MR) is 110 cm³/mol. The van der Waals surface area contributed by atoms with Crippen LogP contribution < -0.4 is 10.2 Å². The van der Waals surface area contributed by atoms with Gasteiger partial charge in [-0.25, -0.2) is 9.97 Å². The second-order valence-electron chi connectivity index (χ2n) is 7.20. The maximum Gasteiger partial charge on any atom is 0.238 e. The molecule has 0 bridgehead atoms. The molecule has 0 unspecified atom stereocenters. The Hall–Kier alpha value is -2.18. The van der Waals surface area contributed by atoms with Gasteiger partial charge >= 0.3 is 0 Å². The Labute approximate surface area is 165 Å². The lowest BCUT2D eigenvalue weighted by Crippen LogP contribution is -2.49. The molecular weight excluding hydrogens is 362 g/mol. The van der Waals surface area contributed by atoms with Crippen molar-refractivity contribution in [2.45, 2.75) is 26.7 Å². The number of nitrogens with one attached hydrogen (secondary N) is 1. The maximum atomic E-state index is 12.3. The fourth-order valence-corrected chi connectivity index (χ4v) is 3.19. The fourth-order valence-electron chi connectivity index (χ4n) is 3.07. The zero-order valence-electron chi connectivity index (χ0n) is 16.1. The molecule has 2 aromatic rings. The molecule has 1 fully saturated rings. The molecule has 0 saturated carbocycles. The molecule has 0 spiro atoms. The van der Waals surface area contributed by atoms with Gasteiger partial charge in [0.15, 0.2) is 0 Å². The van der Waals surface area contributed by atoms with Crippen LogP contribution in [0.1, 0.15) is 31.3 Å². The number of piperazine rings is 1. The average molecular weight is 388 g/mol. The molecule has 3 rings (SSSR count). The number of anilines is 2. The first-order valence-electron chi connectivity index (χ1n) is 9.29. The Balaban J connectivity index is 1.53. The summed E-state index contributed by atoms with van der Waals surface area (Å²) in [6, 6.07) is 9.19. The van der Waals surface area contributed by atoms with Crippen molar-refractivity contribution < 1.29 is 4.79 Å². The van der Waals surface area contributed by atoms with Crippen LogP contribution in [0.2, 0.25) is 5.02 Å². The molecule has 1 aromatic heterocycles. The molecule has 1 aliphatic heterocycles. The van der Waals surface area contributed by atoms with Crippen LogP contribution in [-0.2, 0) is 4.79 Å². The molecule has 7 heteroatoms. The molecule has 27 heavy (non-hydrogen) atoms. The Morgan fingerprint density at radius 1 is 1.15 bits per heavy atom. The lowest BCUT2D eigenvalue weighted by molar-refractivity contribution is -0.117. The first-order valence-corrected chi connectivity index (χ1v) is 9.67. The zero-order valence-corrected chi connectivity index (χ0v) is 16.8. The number of nitrogens with zero attached hydrogens (tertiary/aromatic N) is 4. The second-order valence-corrected chi connectivity index (χ2v) is 7.64. The summed E-state index contributed by atoms with van der Waals surface area (Å²) < 4.78 is 0. The van der Waals surface area contributed by atoms with Gasteiger partial charge in [-0.3, -0.25) is 9.69 Å². The van der Waals surface area contributed by atoms with Crippen molar-refractivity contribution in [1.82, 2.24) is 14.9 Å². The topological polar surface area (TPSA) is 61.4 Å². The van der Waals surface area contributed by atoms with E-state index in [0.717, 1.165) is 49.2 Å². The third-order valence-corrected chi connectivity index (χ3v) is 4.82. The van der Waals surface area contributed by atoms with Crippen molar-refractivity contribution in [2.75, 3.05) is 42.9 Å². The SMILES string of the molecule is Cc1cc(N2CCN(CC(=O)Nc3ccc(Cl)cc3)CC2)nc(C(C)C)n1. The summed E-state index contributed by atoms with van der Waals surface area (Å²) in [5, 5.41) is 3.57. The molecular formula is C20H26ClN5O. The molecule has 1 amide bonds. The van der Waals surface area contributed by atoms with Gasteiger partial charge in [0.2, 0.25) is 5.91 Å². The standard InChI is InChI=1S/C20H26ClN5O/c1-14(2)20-22-15(3)12-18(24-20)26-10-8-25(9-11-26)13-19(27)23-17-6-4-16(21)5-7-17/h4-7,12,14H,8-11,13H2,1-3H3,(H,23,27). The number of halogens is 1. The Morgan fingerprint density at radius 2 is 1.81 bits per heavy atom. The van der Waals surface area contributed by atoms with Crippen LogP contribution in [0.15, 0.2) is 30.3 Å². The summed E-state index contributed by atoms with van der Waals surface area (Å²) in [4.78, 5) is 25.9. The number of benzene rings is 1. The highest BCUT2D eigenvalue weighted by Crippen LogP contribution is 2.19. The third-order valence-electron chi connectivity index (χ3n) is 4.57. The summed E-state index contributed by atoms with van der Waals surface area (Å²) in [6.45, 7) is 9.96. The average Bonchev–Trinajstić information content (AvgIpc) is 2.63. The van der Waals surface area contributed by atoms with E-state index in [1.165, 1.54) is 0 Å². The molecule has 2 heterocycles. The van der Waals surface area contributed by atoms with Crippen LogP contribution in [0.25, 0.3) is 0 Å². The minimum atomic E-state index is -0.00857. The van der Waals surface area contributed by atoms with Crippen molar-refractivity contribution >= 4 is 29.0 Å². The number of aromatic nitrogens is 2. The van der Waals surface area contributed by atoms with Gasteiger partial charge in [0, 0.05) is 54.6 Å². The summed E-state index contributed by atoms with van der Waals surface area (Å²) in [7, 11) is 0. The number of rotatable bonds is 5. The summed E-state index contributed by atoms with van der Waals surface area (Å²) in [6.07, 6.45) is 0. The smallest absolute Gasteiger partial charge is 0.238 e. The molecule has 6 nitrogen and oxygen atoms in total. The minimum Gasteiger partial charge on any atom is -0.354 e. The number of hydrogen-bond donors (Lipinski definition) is 1. The summed E-state index contributed by atoms with van der Waals surface area (Å²) in [5.41, 5.74) is 1.76. The molecule has 1 aliphatic rings. The van der Waals surface area contributed by atoms with E-state index < -0.39 is 0 Å². The van der Waals surface area contributed by atoms with Crippen LogP contribution in [-0.4, -0.2) is 53.5 Å². The quantitative estimate of drug-likeness (QED) is 0.852. The van der Waals surface area contributed by atoms with Gasteiger partial charge in [-0.15, -0.1) is 0 Å². The number of carbonyl (C=O) groups excluding carboxylic acids is 1. The van der Waals surface area contributed by atoms with Gasteiger partial charge in [-0.1, -0.05) is 25.4 Å². The van der Waals surface area contributed by atoms with Crippen molar-refractivity contribution in [3.05, 3.63) is 46.9 Å². The van der Waals surface area contributed by atoms with Crippen LogP contribution in [0.3, 0.4) is 0 Å². The molecule has 0 atom stereocenters. The highest BCUT2D eigenvalue weighted by molar-refractivity contribution is 6.30. The lowest BCUT2D eigenvalue weighted by atomic mass is 10.2. The van der Waals surface area contributed by atoms with Crippen LogP contribution in [0, 0.1) is 6.92 Å². The minimum absolute atomic E-state index is 0.00857. The number of carbonyl (C=O) groups is 1. The summed E-state index contributed by atoms with van der Waals surface area (Å²) in [5.74, 6) is 2.17. The first kappa shape index (κ1) is 19.6. The van der Waals surface area contributed by atoms with Crippen molar-refractivity contribution in [3.63, 3.8) is 0 Å². The van der Waals surface area contributed by atoms with E-state index in [2.05, 4.69) is 33.9 Å². The Kier molecular flexibility index (Phi) is 6.29. The monoisotopic (exact) mass is 387 g/mol. The van der Waals surface area contributed by atoms with E-state index in [4.69, 9.17) is 16.6 Å². The van der Waals surface area contributed by atoms with Crippen LogP contribution in [0.4, 0.5) is 11.5 Å². The largest absolute Gasteiger partial charge is 0.354 e. The van der Waals surface area contributed by atoms with Gasteiger partial charge < -0.3 is 10.2 Å². The molecule has 0 radical (unpaired) electrons. The van der Waals surface area contributed by atoms with Gasteiger partial charge in [0.05, 0.1) is 6.54 Å². The molecule has 0 aliphatic carbocycles. The maximum absolute atomic E-state index is 12.3. The normalized spacial score (nSPS) is 15.2. The second kappa shape index (κ2) is 8.67. The molecule has 144 valence electrons. The van der Waals surface area contributed by atoms with E-state index >= 15 is 0 Å². The zero-order chi connectivity index (χ0) is 19.4. The van der Waals surface area contributed by atoms with E-state index in [0.29, 0.717) is 17.5 Å². The predicted octanol–water partition coefficient (Wildman–Crippen LogP) is 3.32. The van der Waals surface area contributed by atoms with Crippen LogP contribution >= 0.6 is 11.6 Å². The van der Waals surface area contributed by atoms with E-state index in [9.17, 15) is 4.79 Å². The lowest BCUT2D eigenvalue weighted by Gasteiger charge is -2.35. The van der Waals surface area contributed by atoms with Gasteiger partial charge in [-0.2, -0.15) is 0 Å². The fraction of sp³-hybridized carbons (Fsp3) is 0.450. The van der Waals surface area contributed by atoms with Gasteiger partial charge in [0.25, 0.3) is 0 Å². The van der Waals surface area contributed by atoms with E-state index in [1.807, 2.05) is 25.1 Å². The highest BCUT2D eigenvalue weighted by atomic mass is 35.5. The third kappa shape index (κ3) is 5.40. The number of hydrogen-bond acceptors (Lipinski definition) is 5. The molecule has 1 saturated heterocycles. The number of aryl methyl sites for hydroxylation is 1. The van der Waals surface area contributed by atoms with Crippen molar-refractivity contribution in [1.29, 1.82) is 0 Å². The van der Waals surface area contributed by atoms with E-state index in [1.54, 1.807) is 12.1 Å².